The van der Waals surface area contributed by atoms with Crippen molar-refractivity contribution in [3.05, 3.63) is 89.2 Å². The number of ether oxygens (including phenoxy) is 1. The average molecular weight is 468 g/mol. The molecule has 3 aromatic carbocycles. The second-order valence-corrected chi connectivity index (χ2v) is 9.56. The molecule has 5 nitrogen and oxygen atoms in total. The van der Waals surface area contributed by atoms with E-state index in [-0.39, 0.29) is 11.8 Å². The van der Waals surface area contributed by atoms with Crippen LogP contribution in [0.4, 0.5) is 5.69 Å². The predicted octanol–water partition coefficient (Wildman–Crippen LogP) is 6.21. The second kappa shape index (κ2) is 9.95. The number of carbonyl (C=O) groups is 1. The molecule has 4 aromatic rings. The minimum absolute atomic E-state index is 0.0705. The van der Waals surface area contributed by atoms with Gasteiger partial charge in [0, 0.05) is 31.1 Å². The first kappa shape index (κ1) is 23.2. The van der Waals surface area contributed by atoms with Gasteiger partial charge in [-0.15, -0.1) is 0 Å². The molecule has 1 saturated heterocycles. The summed E-state index contributed by atoms with van der Waals surface area (Å²) in [5.41, 5.74) is 6.77. The number of para-hydroxylation sites is 2. The highest BCUT2D eigenvalue weighted by Gasteiger charge is 2.34. The lowest BCUT2D eigenvalue weighted by Crippen LogP contribution is -2.24. The van der Waals surface area contributed by atoms with Gasteiger partial charge in [0.15, 0.2) is 0 Å². The van der Waals surface area contributed by atoms with Crippen LogP contribution in [0, 0.1) is 13.8 Å². The van der Waals surface area contributed by atoms with Gasteiger partial charge in [-0.2, -0.15) is 0 Å². The molecule has 1 atom stereocenters. The number of amides is 1. The summed E-state index contributed by atoms with van der Waals surface area (Å²) in [4.78, 5) is 19.9. The Morgan fingerprint density at radius 1 is 1.00 bits per heavy atom. The van der Waals surface area contributed by atoms with Crippen LogP contribution in [0.5, 0.6) is 5.75 Å². The second-order valence-electron chi connectivity index (χ2n) is 9.56. The van der Waals surface area contributed by atoms with Crippen LogP contribution in [-0.2, 0) is 17.8 Å². The zero-order valence-corrected chi connectivity index (χ0v) is 20.8. The predicted molar refractivity (Wildman–Crippen MR) is 141 cm³/mol. The zero-order chi connectivity index (χ0) is 24.4. The first-order chi connectivity index (χ1) is 17.0. The fraction of sp³-hybridized carbons (Fsp3) is 0.333. The van der Waals surface area contributed by atoms with E-state index in [1.54, 1.807) is 0 Å². The van der Waals surface area contributed by atoms with Crippen LogP contribution in [0.2, 0.25) is 0 Å². The molecule has 0 saturated carbocycles. The number of imidazole rings is 1. The molecule has 5 rings (SSSR count). The summed E-state index contributed by atoms with van der Waals surface area (Å²) >= 11 is 0. The van der Waals surface area contributed by atoms with Gasteiger partial charge in [0.2, 0.25) is 5.91 Å². The van der Waals surface area contributed by atoms with Crippen molar-refractivity contribution in [3.63, 3.8) is 0 Å². The lowest BCUT2D eigenvalue weighted by atomic mass is 10.1. The summed E-state index contributed by atoms with van der Waals surface area (Å²) in [7, 11) is 0. The zero-order valence-electron chi connectivity index (χ0n) is 20.8. The van der Waals surface area contributed by atoms with Crippen LogP contribution in [0.25, 0.3) is 11.0 Å². The Morgan fingerprint density at radius 2 is 1.74 bits per heavy atom. The lowest BCUT2D eigenvalue weighted by molar-refractivity contribution is -0.117. The first-order valence-electron chi connectivity index (χ1n) is 12.6. The van der Waals surface area contributed by atoms with E-state index in [1.807, 2.05) is 11.0 Å². The van der Waals surface area contributed by atoms with E-state index in [0.717, 1.165) is 47.7 Å². The highest BCUT2D eigenvalue weighted by atomic mass is 16.5. The molecule has 0 radical (unpaired) electrons. The number of hydrogen-bond acceptors (Lipinski definition) is 3. The summed E-state index contributed by atoms with van der Waals surface area (Å²) in [5.74, 6) is 2.15. The number of aryl methyl sites for hydroxylation is 4. The third kappa shape index (κ3) is 4.95. The molecule has 180 valence electrons. The molecule has 1 unspecified atom stereocenters. The van der Waals surface area contributed by atoms with E-state index in [1.165, 1.54) is 16.7 Å². The van der Waals surface area contributed by atoms with Crippen LogP contribution in [-0.4, -0.2) is 28.6 Å². The molecule has 1 aliphatic heterocycles. The maximum absolute atomic E-state index is 13.0. The van der Waals surface area contributed by atoms with Gasteiger partial charge in [-0.3, -0.25) is 4.79 Å². The van der Waals surface area contributed by atoms with Crippen molar-refractivity contribution in [3.8, 4) is 5.75 Å². The summed E-state index contributed by atoms with van der Waals surface area (Å²) in [6, 6.07) is 22.9. The topological polar surface area (TPSA) is 47.4 Å². The van der Waals surface area contributed by atoms with Crippen LogP contribution < -0.4 is 9.64 Å². The number of fused-ring (bicyclic) bond motifs is 1. The molecule has 0 spiro atoms. The fourth-order valence-electron chi connectivity index (χ4n) is 5.11. The van der Waals surface area contributed by atoms with Gasteiger partial charge < -0.3 is 14.2 Å². The van der Waals surface area contributed by atoms with Crippen molar-refractivity contribution in [2.24, 2.45) is 0 Å². The van der Waals surface area contributed by atoms with E-state index in [9.17, 15) is 4.79 Å². The fourth-order valence-corrected chi connectivity index (χ4v) is 5.11. The molecular formula is C30H33N3O2. The Balaban J connectivity index is 1.33. The maximum atomic E-state index is 13.0. The summed E-state index contributed by atoms with van der Waals surface area (Å²) in [6.07, 6.45) is 2.34. The SMILES string of the molecule is CCc1ccc(N2CC(c3nc4ccccc4n3CCCOc3cc(C)cc(C)c3)CC2=O)cc1. The van der Waals surface area contributed by atoms with Crippen molar-refractivity contribution < 1.29 is 9.53 Å². The molecule has 0 N–H and O–H groups in total. The Morgan fingerprint density at radius 3 is 2.49 bits per heavy atom. The quantitative estimate of drug-likeness (QED) is 0.290. The molecule has 5 heteroatoms. The van der Waals surface area contributed by atoms with E-state index < -0.39 is 0 Å². The Kier molecular flexibility index (Phi) is 6.58. The van der Waals surface area contributed by atoms with Crippen molar-refractivity contribution in [2.45, 2.75) is 52.5 Å². The van der Waals surface area contributed by atoms with Crippen LogP contribution in [0.15, 0.2) is 66.7 Å². The highest BCUT2D eigenvalue weighted by molar-refractivity contribution is 5.96. The number of carbonyl (C=O) groups excluding carboxylic acids is 1. The van der Waals surface area contributed by atoms with Crippen molar-refractivity contribution in [1.82, 2.24) is 9.55 Å². The molecule has 2 heterocycles. The Labute approximate surface area is 207 Å². The van der Waals surface area contributed by atoms with E-state index >= 15 is 0 Å². The Bertz CT molecular complexity index is 1320. The lowest BCUT2D eigenvalue weighted by Gasteiger charge is -2.18. The van der Waals surface area contributed by atoms with Gasteiger partial charge in [0.05, 0.1) is 17.6 Å². The third-order valence-corrected chi connectivity index (χ3v) is 6.82. The largest absolute Gasteiger partial charge is 0.494 e. The van der Waals surface area contributed by atoms with Crippen molar-refractivity contribution >= 4 is 22.6 Å². The minimum atomic E-state index is 0.0705. The van der Waals surface area contributed by atoms with E-state index in [2.05, 4.69) is 86.0 Å². The number of benzene rings is 3. The molecule has 0 bridgehead atoms. The average Bonchev–Trinajstić information content (AvgIpc) is 3.42. The Hall–Kier alpha value is -3.60. The normalized spacial score (nSPS) is 15.8. The number of nitrogens with zero attached hydrogens (tertiary/aromatic N) is 3. The van der Waals surface area contributed by atoms with Crippen LogP contribution in [0.3, 0.4) is 0 Å². The number of anilines is 1. The molecule has 1 fully saturated rings. The minimum Gasteiger partial charge on any atom is -0.494 e. The summed E-state index contributed by atoms with van der Waals surface area (Å²) < 4.78 is 8.35. The van der Waals surface area contributed by atoms with Crippen molar-refractivity contribution in [1.29, 1.82) is 0 Å². The molecule has 1 amide bonds. The van der Waals surface area contributed by atoms with Crippen LogP contribution in [0.1, 0.15) is 48.2 Å². The molecule has 35 heavy (non-hydrogen) atoms. The van der Waals surface area contributed by atoms with E-state index in [4.69, 9.17) is 9.72 Å². The molecule has 1 aliphatic rings. The van der Waals surface area contributed by atoms with Crippen LogP contribution >= 0.6 is 0 Å². The van der Waals surface area contributed by atoms with Crippen molar-refractivity contribution in [2.75, 3.05) is 18.1 Å². The highest BCUT2D eigenvalue weighted by Crippen LogP contribution is 2.33. The number of rotatable bonds is 8. The molecule has 0 aliphatic carbocycles. The third-order valence-electron chi connectivity index (χ3n) is 6.82. The van der Waals surface area contributed by atoms with Gasteiger partial charge in [0.1, 0.15) is 11.6 Å². The van der Waals surface area contributed by atoms with Gasteiger partial charge in [-0.1, -0.05) is 37.3 Å². The van der Waals surface area contributed by atoms with Gasteiger partial charge in [0.25, 0.3) is 0 Å². The molecular weight excluding hydrogens is 434 g/mol. The maximum Gasteiger partial charge on any atom is 0.227 e. The number of hydrogen-bond donors (Lipinski definition) is 0. The summed E-state index contributed by atoms with van der Waals surface area (Å²) in [5, 5.41) is 0. The van der Waals surface area contributed by atoms with Gasteiger partial charge in [-0.25, -0.2) is 4.98 Å². The standard InChI is InChI=1S/C30H33N3O2/c1-4-23-10-12-25(13-11-23)33-20-24(19-29(33)34)30-31-27-8-5-6-9-28(27)32(30)14-7-15-35-26-17-21(2)16-22(3)18-26/h5-6,8-13,16-18,24H,4,7,14-15,19-20H2,1-3H3. The smallest absolute Gasteiger partial charge is 0.227 e. The van der Waals surface area contributed by atoms with Gasteiger partial charge >= 0.3 is 0 Å². The summed E-state index contributed by atoms with van der Waals surface area (Å²) in [6.45, 7) is 8.42. The first-order valence-corrected chi connectivity index (χ1v) is 12.6. The van der Waals surface area contributed by atoms with Gasteiger partial charge in [-0.05, 0) is 79.8 Å². The molecule has 1 aromatic heterocycles. The number of aromatic nitrogens is 2. The van der Waals surface area contributed by atoms with E-state index in [0.29, 0.717) is 19.6 Å². The monoisotopic (exact) mass is 467 g/mol.